The van der Waals surface area contributed by atoms with Gasteiger partial charge in [-0.3, -0.25) is 29.5 Å². The first-order chi connectivity index (χ1) is 7.47. The van der Waals surface area contributed by atoms with Crippen molar-refractivity contribution in [2.45, 2.75) is 18.9 Å². The molecule has 1 aliphatic heterocycles. The van der Waals surface area contributed by atoms with Crippen molar-refractivity contribution in [1.29, 1.82) is 0 Å². The van der Waals surface area contributed by atoms with Gasteiger partial charge in [0.25, 0.3) is 5.91 Å². The number of hydrogen-bond acceptors (Lipinski definition) is 5. The number of nitrogens with zero attached hydrogens (tertiary/aromatic N) is 1. The second kappa shape index (κ2) is 4.71. The summed E-state index contributed by atoms with van der Waals surface area (Å²) in [5.74, 6) is 1.88. The van der Waals surface area contributed by atoms with Crippen LogP contribution in [-0.2, 0) is 19.2 Å². The highest BCUT2D eigenvalue weighted by Gasteiger charge is 2.33. The molecule has 88 valence electrons. The van der Waals surface area contributed by atoms with Crippen molar-refractivity contribution in [3.63, 3.8) is 0 Å². The Bertz CT molecular complexity index is 354. The van der Waals surface area contributed by atoms with Gasteiger partial charge in [-0.2, -0.15) is 0 Å². The molecule has 4 amide bonds. The van der Waals surface area contributed by atoms with Crippen molar-refractivity contribution in [3.05, 3.63) is 0 Å². The fourth-order valence-electron chi connectivity index (χ4n) is 1.34. The third-order valence-corrected chi connectivity index (χ3v) is 2.29. The first-order valence-electron chi connectivity index (χ1n) is 4.59. The molecule has 4 N–H and O–H groups in total. The molecule has 0 aromatic heterocycles. The molecule has 0 bridgehead atoms. The minimum Gasteiger partial charge on any atom is -0.336 e. The van der Waals surface area contributed by atoms with Gasteiger partial charge in [0.05, 0.1) is 0 Å². The Morgan fingerprint density at radius 1 is 1.38 bits per heavy atom. The highest BCUT2D eigenvalue weighted by molar-refractivity contribution is 6.35. The number of hydrogen-bond donors (Lipinski definition) is 3. The Labute approximate surface area is 91.1 Å². The zero-order valence-electron chi connectivity index (χ0n) is 8.65. The van der Waals surface area contributed by atoms with E-state index in [1.54, 1.807) is 5.43 Å². The fraction of sp³-hybridized carbons (Fsp3) is 0.500. The summed E-state index contributed by atoms with van der Waals surface area (Å²) in [7, 11) is 1.33. The van der Waals surface area contributed by atoms with Crippen molar-refractivity contribution in [1.82, 2.24) is 15.6 Å². The number of nitrogens with one attached hydrogen (secondary N) is 2. The third kappa shape index (κ3) is 2.34. The molecule has 0 radical (unpaired) electrons. The maximum absolute atomic E-state index is 11.5. The van der Waals surface area contributed by atoms with E-state index in [1.165, 1.54) is 7.05 Å². The van der Waals surface area contributed by atoms with Crippen molar-refractivity contribution in [2.75, 3.05) is 7.05 Å². The lowest BCUT2D eigenvalue weighted by Gasteiger charge is -2.27. The maximum Gasteiger partial charge on any atom is 0.323 e. The molecule has 16 heavy (non-hydrogen) atoms. The van der Waals surface area contributed by atoms with Crippen LogP contribution in [0.15, 0.2) is 0 Å². The van der Waals surface area contributed by atoms with Gasteiger partial charge in [0.1, 0.15) is 6.04 Å². The number of likely N-dealkylation sites (N-methyl/N-ethyl adjacent to an activating group) is 1. The van der Waals surface area contributed by atoms with Crippen LogP contribution in [0.3, 0.4) is 0 Å². The molecule has 1 saturated heterocycles. The molecule has 0 spiro atoms. The van der Waals surface area contributed by atoms with Gasteiger partial charge in [-0.05, 0) is 6.42 Å². The third-order valence-electron chi connectivity index (χ3n) is 2.29. The summed E-state index contributed by atoms with van der Waals surface area (Å²) in [5, 5.41) is 2.20. The topological polar surface area (TPSA) is 122 Å². The summed E-state index contributed by atoms with van der Waals surface area (Å²) in [6.07, 6.45) is 0.336. The average Bonchev–Trinajstić information content (AvgIpc) is 2.28. The van der Waals surface area contributed by atoms with E-state index in [0.717, 1.165) is 4.90 Å². The predicted octanol–water partition coefficient (Wildman–Crippen LogP) is -2.76. The first-order valence-corrected chi connectivity index (χ1v) is 4.59. The summed E-state index contributed by atoms with van der Waals surface area (Å²) in [5.41, 5.74) is 1.65. The van der Waals surface area contributed by atoms with E-state index in [9.17, 15) is 19.2 Å². The minimum absolute atomic E-state index is 0.150. The van der Waals surface area contributed by atoms with E-state index in [4.69, 9.17) is 5.84 Å². The van der Waals surface area contributed by atoms with Gasteiger partial charge in [-0.25, -0.2) is 5.84 Å². The number of imide groups is 1. The Balaban J connectivity index is 2.62. The molecule has 8 heteroatoms. The summed E-state index contributed by atoms with van der Waals surface area (Å²) in [4.78, 5) is 45.5. The molecular formula is C8H12N4O4. The molecule has 1 aliphatic rings. The summed E-state index contributed by atoms with van der Waals surface area (Å²) >= 11 is 0. The van der Waals surface area contributed by atoms with Gasteiger partial charge >= 0.3 is 11.8 Å². The molecule has 1 atom stereocenters. The molecule has 1 fully saturated rings. The Kier molecular flexibility index (Phi) is 3.56. The number of likely N-dealkylation sites (tertiary alicyclic amines) is 1. The van der Waals surface area contributed by atoms with E-state index in [0.29, 0.717) is 0 Å². The number of carbonyl (C=O) groups excluding carboxylic acids is 4. The molecule has 0 aromatic carbocycles. The summed E-state index contributed by atoms with van der Waals surface area (Å²) < 4.78 is 0. The summed E-state index contributed by atoms with van der Waals surface area (Å²) in [6.45, 7) is 0. The van der Waals surface area contributed by atoms with Crippen molar-refractivity contribution in [2.24, 2.45) is 5.84 Å². The predicted molar refractivity (Wildman–Crippen MR) is 51.3 cm³/mol. The molecule has 1 heterocycles. The van der Waals surface area contributed by atoms with Crippen LogP contribution in [0.5, 0.6) is 0 Å². The van der Waals surface area contributed by atoms with Gasteiger partial charge in [-0.15, -0.1) is 0 Å². The Hall–Kier alpha value is -1.96. The second-order valence-corrected chi connectivity index (χ2v) is 3.33. The Morgan fingerprint density at radius 3 is 2.56 bits per heavy atom. The van der Waals surface area contributed by atoms with Crippen LogP contribution >= 0.6 is 0 Å². The smallest absolute Gasteiger partial charge is 0.323 e. The zero-order valence-corrected chi connectivity index (χ0v) is 8.65. The van der Waals surface area contributed by atoms with Gasteiger partial charge in [0.2, 0.25) is 5.91 Å². The van der Waals surface area contributed by atoms with Gasteiger partial charge < -0.3 is 5.32 Å². The minimum atomic E-state index is -1.03. The number of hydrazine groups is 1. The maximum atomic E-state index is 11.5. The highest BCUT2D eigenvalue weighted by Crippen LogP contribution is 2.10. The monoisotopic (exact) mass is 228 g/mol. The lowest BCUT2D eigenvalue weighted by Crippen LogP contribution is -2.55. The number of carbonyl (C=O) groups is 4. The van der Waals surface area contributed by atoms with Crippen molar-refractivity contribution < 1.29 is 19.2 Å². The molecule has 1 rings (SSSR count). The average molecular weight is 228 g/mol. The number of piperidine rings is 1. The zero-order chi connectivity index (χ0) is 12.3. The van der Waals surface area contributed by atoms with Crippen molar-refractivity contribution in [3.8, 4) is 0 Å². The van der Waals surface area contributed by atoms with Gasteiger partial charge in [0, 0.05) is 13.5 Å². The van der Waals surface area contributed by atoms with Crippen LogP contribution < -0.4 is 16.6 Å². The standard InChI is InChI=1S/C8H12N4O4/c1-12-5(13)3-2-4(8(12)16)10-6(14)7(15)11-9/h4H,2-3,9H2,1H3,(H,10,14)(H,11,15). The highest BCUT2D eigenvalue weighted by atomic mass is 16.2. The first kappa shape index (κ1) is 12.1. The van der Waals surface area contributed by atoms with E-state index in [2.05, 4.69) is 5.32 Å². The summed E-state index contributed by atoms with van der Waals surface area (Å²) in [6, 6.07) is -0.854. The van der Waals surface area contributed by atoms with Crippen LogP contribution in [0.2, 0.25) is 0 Å². The normalized spacial score (nSPS) is 20.6. The molecule has 1 unspecified atom stereocenters. The molecule has 8 nitrogen and oxygen atoms in total. The van der Waals surface area contributed by atoms with E-state index in [1.807, 2.05) is 0 Å². The molecule has 0 saturated carbocycles. The fourth-order valence-corrected chi connectivity index (χ4v) is 1.34. The van der Waals surface area contributed by atoms with Crippen LogP contribution in [0.1, 0.15) is 12.8 Å². The number of nitrogens with two attached hydrogens (primary N) is 1. The van der Waals surface area contributed by atoms with Gasteiger partial charge in [0.15, 0.2) is 0 Å². The van der Waals surface area contributed by atoms with Crippen LogP contribution in [0, 0.1) is 0 Å². The lowest BCUT2D eigenvalue weighted by atomic mass is 10.0. The largest absolute Gasteiger partial charge is 0.336 e. The van der Waals surface area contributed by atoms with Gasteiger partial charge in [-0.1, -0.05) is 0 Å². The van der Waals surface area contributed by atoms with Crippen LogP contribution in [0.25, 0.3) is 0 Å². The van der Waals surface area contributed by atoms with Crippen molar-refractivity contribution >= 4 is 23.6 Å². The molecule has 0 aliphatic carbocycles. The molecule has 0 aromatic rings. The van der Waals surface area contributed by atoms with E-state index >= 15 is 0 Å². The molecular weight excluding hydrogens is 216 g/mol. The SMILES string of the molecule is CN1C(=O)CCC(NC(=O)C(=O)NN)C1=O. The Morgan fingerprint density at radius 2 is 2.00 bits per heavy atom. The van der Waals surface area contributed by atoms with Crippen LogP contribution in [-0.4, -0.2) is 41.6 Å². The quantitative estimate of drug-likeness (QED) is 0.147. The van der Waals surface area contributed by atoms with Crippen LogP contribution in [0.4, 0.5) is 0 Å². The number of rotatable bonds is 1. The lowest BCUT2D eigenvalue weighted by molar-refractivity contribution is -0.150. The van der Waals surface area contributed by atoms with E-state index in [-0.39, 0.29) is 18.7 Å². The second-order valence-electron chi connectivity index (χ2n) is 3.33. The van der Waals surface area contributed by atoms with E-state index < -0.39 is 23.8 Å². The number of amides is 4.